The molecule has 1 aromatic heterocycles. The standard InChI is InChI=1S/C18H25N5O2/c1-20-14-10-12(4-7-21-8-5-16(19)24)9-13(11-14)18-23-17-15(25-18)3-2-6-22-17/h2-3,6,9-11,16,18,20-21,24H,4-5,7-8,19H2,1H3,(H,22,23). The highest BCUT2D eigenvalue weighted by Gasteiger charge is 2.24. The minimum Gasteiger partial charge on any atom is -0.463 e. The second-order valence-corrected chi connectivity index (χ2v) is 6.06. The van der Waals surface area contributed by atoms with Crippen LogP contribution in [0.15, 0.2) is 36.5 Å². The van der Waals surface area contributed by atoms with E-state index in [-0.39, 0.29) is 6.23 Å². The van der Waals surface area contributed by atoms with E-state index in [0.29, 0.717) is 13.0 Å². The van der Waals surface area contributed by atoms with Crippen LogP contribution in [0.25, 0.3) is 0 Å². The highest BCUT2D eigenvalue weighted by atomic mass is 16.5. The summed E-state index contributed by atoms with van der Waals surface area (Å²) in [6, 6.07) is 10.1. The number of aliphatic hydroxyl groups is 1. The second-order valence-electron chi connectivity index (χ2n) is 6.06. The summed E-state index contributed by atoms with van der Waals surface area (Å²) >= 11 is 0. The van der Waals surface area contributed by atoms with Gasteiger partial charge in [-0.3, -0.25) is 0 Å². The van der Waals surface area contributed by atoms with E-state index in [1.54, 1.807) is 6.20 Å². The SMILES string of the molecule is CNc1cc(CCNCCC(N)O)cc(C2Nc3ncccc3O2)c1. The van der Waals surface area contributed by atoms with Gasteiger partial charge in [0.05, 0.1) is 0 Å². The number of hydrogen-bond acceptors (Lipinski definition) is 7. The molecule has 7 heteroatoms. The summed E-state index contributed by atoms with van der Waals surface area (Å²) in [6.45, 7) is 1.52. The van der Waals surface area contributed by atoms with Crippen LogP contribution in [0.1, 0.15) is 23.8 Å². The molecule has 3 rings (SSSR count). The Morgan fingerprint density at radius 3 is 3.00 bits per heavy atom. The van der Waals surface area contributed by atoms with Gasteiger partial charge in [-0.1, -0.05) is 0 Å². The van der Waals surface area contributed by atoms with Crippen molar-refractivity contribution in [3.05, 3.63) is 47.7 Å². The molecular formula is C18H25N5O2. The van der Waals surface area contributed by atoms with E-state index in [1.165, 1.54) is 5.56 Å². The second kappa shape index (κ2) is 8.15. The minimum absolute atomic E-state index is 0.239. The molecule has 0 bridgehead atoms. The number of anilines is 2. The molecule has 25 heavy (non-hydrogen) atoms. The van der Waals surface area contributed by atoms with Gasteiger partial charge in [0.25, 0.3) is 0 Å². The predicted molar refractivity (Wildman–Crippen MR) is 98.6 cm³/mol. The number of ether oxygens (including phenoxy) is 1. The third-order valence-electron chi connectivity index (χ3n) is 4.10. The maximum Gasteiger partial charge on any atom is 0.197 e. The van der Waals surface area contributed by atoms with Gasteiger partial charge < -0.3 is 31.5 Å². The molecule has 7 nitrogen and oxygen atoms in total. The number of rotatable bonds is 8. The smallest absolute Gasteiger partial charge is 0.197 e. The minimum atomic E-state index is -0.757. The summed E-state index contributed by atoms with van der Waals surface area (Å²) in [5.41, 5.74) is 8.63. The lowest BCUT2D eigenvalue weighted by molar-refractivity contribution is 0.171. The van der Waals surface area contributed by atoms with Crippen molar-refractivity contribution in [1.29, 1.82) is 0 Å². The van der Waals surface area contributed by atoms with Crippen molar-refractivity contribution in [2.75, 3.05) is 30.8 Å². The van der Waals surface area contributed by atoms with Gasteiger partial charge in [-0.2, -0.15) is 0 Å². The fourth-order valence-electron chi connectivity index (χ4n) is 2.79. The zero-order valence-corrected chi connectivity index (χ0v) is 14.3. The Hall–Kier alpha value is -2.35. The van der Waals surface area contributed by atoms with Gasteiger partial charge in [-0.15, -0.1) is 0 Å². The predicted octanol–water partition coefficient (Wildman–Crippen LogP) is 1.43. The molecule has 2 atom stereocenters. The fraction of sp³-hybridized carbons (Fsp3) is 0.389. The van der Waals surface area contributed by atoms with Crippen molar-refractivity contribution in [3.8, 4) is 5.75 Å². The van der Waals surface area contributed by atoms with Gasteiger partial charge in [-0.05, 0) is 61.8 Å². The number of benzene rings is 1. The normalized spacial score (nSPS) is 16.7. The molecule has 2 heterocycles. The Morgan fingerprint density at radius 1 is 1.36 bits per heavy atom. The summed E-state index contributed by atoms with van der Waals surface area (Å²) < 4.78 is 5.96. The van der Waals surface area contributed by atoms with E-state index in [0.717, 1.165) is 35.8 Å². The monoisotopic (exact) mass is 343 g/mol. The van der Waals surface area contributed by atoms with E-state index in [2.05, 4.69) is 39.1 Å². The van der Waals surface area contributed by atoms with Gasteiger partial charge in [0.1, 0.15) is 6.23 Å². The lowest BCUT2D eigenvalue weighted by Gasteiger charge is -2.15. The lowest BCUT2D eigenvalue weighted by Crippen LogP contribution is -2.27. The van der Waals surface area contributed by atoms with Crippen LogP contribution in [-0.4, -0.2) is 36.5 Å². The van der Waals surface area contributed by atoms with Crippen LogP contribution in [-0.2, 0) is 6.42 Å². The van der Waals surface area contributed by atoms with Crippen LogP contribution < -0.4 is 26.4 Å². The molecule has 2 unspecified atom stereocenters. The van der Waals surface area contributed by atoms with Crippen LogP contribution >= 0.6 is 0 Å². The van der Waals surface area contributed by atoms with E-state index in [1.807, 2.05) is 19.2 Å². The number of pyridine rings is 1. The number of fused-ring (bicyclic) bond motifs is 1. The van der Waals surface area contributed by atoms with Crippen LogP contribution in [0.5, 0.6) is 5.75 Å². The quantitative estimate of drug-likeness (QED) is 0.365. The number of nitrogens with two attached hydrogens (primary N) is 1. The molecule has 134 valence electrons. The Morgan fingerprint density at radius 2 is 2.24 bits per heavy atom. The maximum absolute atomic E-state index is 9.07. The third kappa shape index (κ3) is 4.60. The molecule has 0 saturated carbocycles. The Bertz CT molecular complexity index is 683. The first kappa shape index (κ1) is 17.5. The van der Waals surface area contributed by atoms with Crippen molar-refractivity contribution >= 4 is 11.5 Å². The Kier molecular flexibility index (Phi) is 5.70. The van der Waals surface area contributed by atoms with Crippen LogP contribution in [0, 0.1) is 0 Å². The largest absolute Gasteiger partial charge is 0.463 e. The first-order valence-corrected chi connectivity index (χ1v) is 8.50. The number of hydrogen-bond donors (Lipinski definition) is 5. The topological polar surface area (TPSA) is 104 Å². The number of aliphatic hydroxyl groups excluding tert-OH is 1. The van der Waals surface area contributed by atoms with E-state index in [9.17, 15) is 0 Å². The van der Waals surface area contributed by atoms with Gasteiger partial charge >= 0.3 is 0 Å². The molecule has 0 spiro atoms. The van der Waals surface area contributed by atoms with Crippen LogP contribution in [0.2, 0.25) is 0 Å². The molecule has 0 fully saturated rings. The van der Waals surface area contributed by atoms with Crippen molar-refractivity contribution in [2.24, 2.45) is 5.73 Å². The molecule has 2 aromatic rings. The van der Waals surface area contributed by atoms with Gasteiger partial charge in [0.15, 0.2) is 17.8 Å². The van der Waals surface area contributed by atoms with E-state index in [4.69, 9.17) is 15.6 Å². The first-order valence-electron chi connectivity index (χ1n) is 8.50. The summed E-state index contributed by atoms with van der Waals surface area (Å²) in [5.74, 6) is 1.54. The first-order chi connectivity index (χ1) is 12.2. The molecule has 1 aliphatic rings. The fourth-order valence-corrected chi connectivity index (χ4v) is 2.79. The van der Waals surface area contributed by atoms with E-state index < -0.39 is 6.23 Å². The summed E-state index contributed by atoms with van der Waals surface area (Å²) in [4.78, 5) is 4.29. The summed E-state index contributed by atoms with van der Waals surface area (Å²) in [6.07, 6.45) is 2.18. The third-order valence-corrected chi connectivity index (χ3v) is 4.10. The van der Waals surface area contributed by atoms with Crippen molar-refractivity contribution in [2.45, 2.75) is 25.3 Å². The van der Waals surface area contributed by atoms with Crippen LogP contribution in [0.3, 0.4) is 0 Å². The molecule has 1 aliphatic heterocycles. The molecule has 0 radical (unpaired) electrons. The molecule has 1 aromatic carbocycles. The Labute approximate surface area is 147 Å². The number of nitrogens with one attached hydrogen (secondary N) is 3. The average molecular weight is 343 g/mol. The van der Waals surface area contributed by atoms with Crippen molar-refractivity contribution in [1.82, 2.24) is 10.3 Å². The molecule has 6 N–H and O–H groups in total. The van der Waals surface area contributed by atoms with Crippen LogP contribution in [0.4, 0.5) is 11.5 Å². The molecular weight excluding hydrogens is 318 g/mol. The van der Waals surface area contributed by atoms with Crippen molar-refractivity contribution < 1.29 is 9.84 Å². The summed E-state index contributed by atoms with van der Waals surface area (Å²) in [7, 11) is 1.91. The Balaban J connectivity index is 1.65. The highest BCUT2D eigenvalue weighted by Crippen LogP contribution is 2.36. The van der Waals surface area contributed by atoms with Crippen molar-refractivity contribution in [3.63, 3.8) is 0 Å². The zero-order valence-electron chi connectivity index (χ0n) is 14.3. The molecule has 0 amide bonds. The van der Waals surface area contributed by atoms with E-state index >= 15 is 0 Å². The molecule has 0 aliphatic carbocycles. The number of nitrogens with zero attached hydrogens (tertiary/aromatic N) is 1. The average Bonchev–Trinajstić information content (AvgIpc) is 3.05. The zero-order chi connectivity index (χ0) is 17.6. The maximum atomic E-state index is 9.07. The van der Waals surface area contributed by atoms with Gasteiger partial charge in [0.2, 0.25) is 0 Å². The highest BCUT2D eigenvalue weighted by molar-refractivity contribution is 5.57. The van der Waals surface area contributed by atoms with Gasteiger partial charge in [0, 0.05) is 24.5 Å². The number of aromatic nitrogens is 1. The summed E-state index contributed by atoms with van der Waals surface area (Å²) in [5, 5.41) is 18.9. The van der Waals surface area contributed by atoms with Gasteiger partial charge in [-0.25, -0.2) is 4.98 Å². The lowest BCUT2D eigenvalue weighted by atomic mass is 10.1. The molecule has 0 saturated heterocycles.